The fourth-order valence-corrected chi connectivity index (χ4v) is 1.81. The Morgan fingerprint density at radius 1 is 1.26 bits per heavy atom. The van der Waals surface area contributed by atoms with Gasteiger partial charge in [0.1, 0.15) is 0 Å². The molecule has 3 N–H and O–H groups in total. The predicted octanol–water partition coefficient (Wildman–Crippen LogP) is 3.22. The third-order valence-electron chi connectivity index (χ3n) is 2.38. The molecule has 1 rings (SSSR count). The Labute approximate surface area is 113 Å². The van der Waals surface area contributed by atoms with Gasteiger partial charge in [0.05, 0.1) is 6.04 Å². The molecule has 0 bridgehead atoms. The molecule has 1 aromatic carbocycles. The van der Waals surface area contributed by atoms with Crippen LogP contribution in [0.15, 0.2) is 29.2 Å². The van der Waals surface area contributed by atoms with Crippen molar-refractivity contribution in [1.29, 1.82) is 0 Å². The number of halogens is 3. The molecule has 1 amide bonds. The van der Waals surface area contributed by atoms with Crippen molar-refractivity contribution < 1.29 is 18.0 Å². The van der Waals surface area contributed by atoms with E-state index in [1.807, 2.05) is 13.8 Å². The zero-order valence-corrected chi connectivity index (χ0v) is 11.3. The highest BCUT2D eigenvalue weighted by Gasteiger charge is 2.29. The molecule has 0 fully saturated rings. The topological polar surface area (TPSA) is 55.1 Å². The van der Waals surface area contributed by atoms with Crippen LogP contribution >= 0.6 is 11.8 Å². The number of nitrogens with one attached hydrogen (secondary N) is 1. The molecule has 0 spiro atoms. The lowest BCUT2D eigenvalue weighted by atomic mass is 10.1. The second kappa shape index (κ2) is 6.29. The van der Waals surface area contributed by atoms with E-state index in [4.69, 9.17) is 5.73 Å². The van der Waals surface area contributed by atoms with Crippen molar-refractivity contribution in [3.63, 3.8) is 0 Å². The molecular weight excluding hydrogens is 277 g/mol. The van der Waals surface area contributed by atoms with Crippen molar-refractivity contribution in [1.82, 2.24) is 0 Å². The molecule has 19 heavy (non-hydrogen) atoms. The average molecular weight is 292 g/mol. The molecular formula is C12H15F3N2OS. The van der Waals surface area contributed by atoms with Crippen molar-refractivity contribution in [2.45, 2.75) is 30.3 Å². The maximum absolute atomic E-state index is 12.1. The van der Waals surface area contributed by atoms with Crippen LogP contribution in [-0.2, 0) is 4.79 Å². The van der Waals surface area contributed by atoms with E-state index in [-0.39, 0.29) is 28.5 Å². The summed E-state index contributed by atoms with van der Waals surface area (Å²) in [6, 6.07) is 4.78. The van der Waals surface area contributed by atoms with Gasteiger partial charge in [-0.1, -0.05) is 13.8 Å². The number of carbonyl (C=O) groups excluding carboxylic acids is 1. The summed E-state index contributed by atoms with van der Waals surface area (Å²) >= 11 is -0.198. The van der Waals surface area contributed by atoms with E-state index in [9.17, 15) is 18.0 Å². The molecule has 0 heterocycles. The van der Waals surface area contributed by atoms with Gasteiger partial charge in [0.15, 0.2) is 0 Å². The summed E-state index contributed by atoms with van der Waals surface area (Å²) in [4.78, 5) is 11.7. The van der Waals surface area contributed by atoms with Crippen LogP contribution in [0, 0.1) is 5.92 Å². The first-order valence-corrected chi connectivity index (χ1v) is 6.43. The van der Waals surface area contributed by atoms with Crippen LogP contribution in [0.25, 0.3) is 0 Å². The van der Waals surface area contributed by atoms with E-state index in [1.165, 1.54) is 24.3 Å². The van der Waals surface area contributed by atoms with Gasteiger partial charge in [0, 0.05) is 10.6 Å². The summed E-state index contributed by atoms with van der Waals surface area (Å²) in [5, 5.41) is 2.56. The molecule has 106 valence electrons. The summed E-state index contributed by atoms with van der Waals surface area (Å²) < 4.78 is 36.4. The zero-order valence-electron chi connectivity index (χ0n) is 10.5. The summed E-state index contributed by atoms with van der Waals surface area (Å²) in [7, 11) is 0. The minimum absolute atomic E-state index is 0.0138. The van der Waals surface area contributed by atoms with Crippen LogP contribution in [0.1, 0.15) is 13.8 Å². The Morgan fingerprint density at radius 2 is 1.79 bits per heavy atom. The average Bonchev–Trinajstić information content (AvgIpc) is 2.28. The summed E-state index contributed by atoms with van der Waals surface area (Å²) in [5.74, 6) is -0.369. The largest absolute Gasteiger partial charge is 0.446 e. The van der Waals surface area contributed by atoms with Crippen LogP contribution in [0.2, 0.25) is 0 Å². The fourth-order valence-electron chi connectivity index (χ4n) is 1.27. The molecule has 0 saturated carbocycles. The Balaban J connectivity index is 2.65. The van der Waals surface area contributed by atoms with Gasteiger partial charge >= 0.3 is 5.51 Å². The molecule has 0 aromatic heterocycles. The standard InChI is InChI=1S/C12H15F3N2OS/c1-7(2)10(16)11(18)17-8-3-5-9(6-4-8)19-12(13,14)15/h3-7,10H,16H2,1-2H3,(H,17,18). The molecule has 1 unspecified atom stereocenters. The predicted molar refractivity (Wildman–Crippen MR) is 69.8 cm³/mol. The maximum Gasteiger partial charge on any atom is 0.446 e. The molecule has 0 aliphatic carbocycles. The highest BCUT2D eigenvalue weighted by atomic mass is 32.2. The number of carbonyl (C=O) groups is 1. The first-order valence-electron chi connectivity index (χ1n) is 5.61. The quantitative estimate of drug-likeness (QED) is 0.838. The van der Waals surface area contributed by atoms with Crippen LogP contribution in [0.5, 0.6) is 0 Å². The number of benzene rings is 1. The Morgan fingerprint density at radius 3 is 2.21 bits per heavy atom. The van der Waals surface area contributed by atoms with E-state index >= 15 is 0 Å². The van der Waals surface area contributed by atoms with Gasteiger partial charge in [-0.25, -0.2) is 0 Å². The number of alkyl halides is 3. The molecule has 0 saturated heterocycles. The van der Waals surface area contributed by atoms with Gasteiger partial charge < -0.3 is 11.1 Å². The van der Waals surface area contributed by atoms with Crippen molar-refractivity contribution in [2.24, 2.45) is 11.7 Å². The Hall–Kier alpha value is -1.21. The van der Waals surface area contributed by atoms with E-state index in [0.717, 1.165) is 0 Å². The third-order valence-corrected chi connectivity index (χ3v) is 3.12. The van der Waals surface area contributed by atoms with Crippen molar-refractivity contribution in [2.75, 3.05) is 5.32 Å². The second-order valence-electron chi connectivity index (χ2n) is 4.33. The van der Waals surface area contributed by atoms with Crippen LogP contribution in [-0.4, -0.2) is 17.5 Å². The number of amides is 1. The van der Waals surface area contributed by atoms with Crippen molar-refractivity contribution in [3.8, 4) is 0 Å². The van der Waals surface area contributed by atoms with Crippen molar-refractivity contribution >= 4 is 23.4 Å². The van der Waals surface area contributed by atoms with Crippen LogP contribution < -0.4 is 11.1 Å². The van der Waals surface area contributed by atoms with Crippen molar-refractivity contribution in [3.05, 3.63) is 24.3 Å². The molecule has 1 aromatic rings. The highest BCUT2D eigenvalue weighted by molar-refractivity contribution is 8.00. The number of thioether (sulfide) groups is 1. The van der Waals surface area contributed by atoms with E-state index in [0.29, 0.717) is 5.69 Å². The number of nitrogens with two attached hydrogens (primary N) is 1. The lowest BCUT2D eigenvalue weighted by Crippen LogP contribution is -2.39. The van der Waals surface area contributed by atoms with Gasteiger partial charge in [-0.05, 0) is 41.9 Å². The fraction of sp³-hybridized carbons (Fsp3) is 0.417. The maximum atomic E-state index is 12.1. The first kappa shape index (κ1) is 15.8. The van der Waals surface area contributed by atoms with E-state index in [1.54, 1.807) is 0 Å². The monoisotopic (exact) mass is 292 g/mol. The van der Waals surface area contributed by atoms with Gasteiger partial charge in [0.2, 0.25) is 5.91 Å². The van der Waals surface area contributed by atoms with Gasteiger partial charge in [0.25, 0.3) is 0 Å². The number of hydrogen-bond acceptors (Lipinski definition) is 3. The smallest absolute Gasteiger partial charge is 0.325 e. The van der Waals surface area contributed by atoms with E-state index < -0.39 is 11.6 Å². The summed E-state index contributed by atoms with van der Waals surface area (Å²) in [5.41, 5.74) is 1.77. The molecule has 3 nitrogen and oxygen atoms in total. The minimum Gasteiger partial charge on any atom is -0.325 e. The number of rotatable bonds is 4. The summed E-state index contributed by atoms with van der Waals surface area (Å²) in [6.45, 7) is 3.63. The third kappa shape index (κ3) is 5.52. The first-order chi connectivity index (χ1) is 8.69. The molecule has 0 radical (unpaired) electrons. The van der Waals surface area contributed by atoms with Gasteiger partial charge in [-0.15, -0.1) is 0 Å². The SMILES string of the molecule is CC(C)C(N)C(=O)Nc1ccc(SC(F)(F)F)cc1. The zero-order chi connectivity index (χ0) is 14.6. The molecule has 1 atom stereocenters. The molecule has 7 heteroatoms. The Kier molecular flexibility index (Phi) is 5.25. The molecule has 0 aliphatic rings. The van der Waals surface area contributed by atoms with E-state index in [2.05, 4.69) is 5.32 Å². The lowest BCUT2D eigenvalue weighted by Gasteiger charge is -2.15. The minimum atomic E-state index is -4.31. The normalized spacial score (nSPS) is 13.4. The van der Waals surface area contributed by atoms with Crippen LogP contribution in [0.4, 0.5) is 18.9 Å². The Bertz CT molecular complexity index is 432. The summed E-state index contributed by atoms with van der Waals surface area (Å²) in [6.07, 6.45) is 0. The second-order valence-corrected chi connectivity index (χ2v) is 5.47. The number of hydrogen-bond donors (Lipinski definition) is 2. The molecule has 0 aliphatic heterocycles. The highest BCUT2D eigenvalue weighted by Crippen LogP contribution is 2.37. The lowest BCUT2D eigenvalue weighted by molar-refractivity contribution is -0.118. The van der Waals surface area contributed by atoms with Gasteiger partial charge in [-0.3, -0.25) is 4.79 Å². The van der Waals surface area contributed by atoms with Crippen LogP contribution in [0.3, 0.4) is 0 Å². The number of anilines is 1. The van der Waals surface area contributed by atoms with Gasteiger partial charge in [-0.2, -0.15) is 13.2 Å².